The van der Waals surface area contributed by atoms with E-state index in [2.05, 4.69) is 21.9 Å². The molecule has 0 amide bonds. The molecule has 2 aromatic rings. The predicted molar refractivity (Wildman–Crippen MR) is 76.6 cm³/mol. The molecule has 0 fully saturated rings. The highest BCUT2D eigenvalue weighted by Crippen LogP contribution is 2.29. The van der Waals surface area contributed by atoms with Gasteiger partial charge in [0.05, 0.1) is 12.2 Å². The van der Waals surface area contributed by atoms with Crippen molar-refractivity contribution >= 4 is 0 Å². The summed E-state index contributed by atoms with van der Waals surface area (Å²) in [5.74, 6) is 1.23. The molecule has 0 saturated carbocycles. The molecule has 5 nitrogen and oxygen atoms in total. The Morgan fingerprint density at radius 1 is 1.10 bits per heavy atom. The highest BCUT2D eigenvalue weighted by atomic mass is 16.5. The molecule has 1 heterocycles. The van der Waals surface area contributed by atoms with E-state index in [1.807, 2.05) is 6.07 Å². The van der Waals surface area contributed by atoms with Gasteiger partial charge in [0.2, 0.25) is 0 Å². The second kappa shape index (κ2) is 7.43. The van der Waals surface area contributed by atoms with Crippen molar-refractivity contribution in [2.45, 2.75) is 32.6 Å². The zero-order valence-corrected chi connectivity index (χ0v) is 11.6. The predicted octanol–water partition coefficient (Wildman–Crippen LogP) is 3.20. The first-order valence-electron chi connectivity index (χ1n) is 6.89. The Hall–Kier alpha value is -2.17. The fraction of sp³-hybridized carbons (Fsp3) is 0.400. The summed E-state index contributed by atoms with van der Waals surface area (Å²) in [7, 11) is 0. The molecule has 1 aromatic heterocycles. The lowest BCUT2D eigenvalue weighted by atomic mass is 10.2. The maximum atomic E-state index is 10.0. The van der Waals surface area contributed by atoms with Crippen molar-refractivity contribution in [2.75, 3.05) is 6.61 Å². The van der Waals surface area contributed by atoms with Gasteiger partial charge in [-0.25, -0.2) is 15.0 Å². The molecule has 0 atom stereocenters. The summed E-state index contributed by atoms with van der Waals surface area (Å²) in [4.78, 5) is 11.8. The maximum Gasteiger partial charge on any atom is 0.166 e. The summed E-state index contributed by atoms with van der Waals surface area (Å²) in [6.45, 7) is 2.85. The van der Waals surface area contributed by atoms with E-state index in [0.29, 0.717) is 23.7 Å². The molecule has 106 valence electrons. The Bertz CT molecular complexity index is 532. The van der Waals surface area contributed by atoms with E-state index in [-0.39, 0.29) is 5.75 Å². The van der Waals surface area contributed by atoms with E-state index in [9.17, 15) is 5.11 Å². The Morgan fingerprint density at radius 2 is 1.90 bits per heavy atom. The van der Waals surface area contributed by atoms with Crippen LogP contribution in [0.4, 0.5) is 0 Å². The van der Waals surface area contributed by atoms with Crippen LogP contribution in [0, 0.1) is 0 Å². The van der Waals surface area contributed by atoms with Crippen LogP contribution in [0.15, 0.2) is 30.9 Å². The minimum absolute atomic E-state index is 0.113. The summed E-state index contributed by atoms with van der Waals surface area (Å²) in [5.41, 5.74) is 0.575. The van der Waals surface area contributed by atoms with Gasteiger partial charge in [-0.15, -0.1) is 0 Å². The fourth-order valence-corrected chi connectivity index (χ4v) is 1.89. The molecule has 0 aliphatic rings. The zero-order valence-electron chi connectivity index (χ0n) is 11.6. The molecular formula is C15H19N3O2. The molecule has 0 aliphatic heterocycles. The smallest absolute Gasteiger partial charge is 0.166 e. The second-order valence-corrected chi connectivity index (χ2v) is 4.55. The number of ether oxygens (including phenoxy) is 1. The quantitative estimate of drug-likeness (QED) is 0.784. The topological polar surface area (TPSA) is 68.1 Å². The minimum Gasteiger partial charge on any atom is -0.507 e. The largest absolute Gasteiger partial charge is 0.507 e. The van der Waals surface area contributed by atoms with Crippen molar-refractivity contribution in [1.82, 2.24) is 15.0 Å². The van der Waals surface area contributed by atoms with Gasteiger partial charge in [0, 0.05) is 6.07 Å². The van der Waals surface area contributed by atoms with Crippen molar-refractivity contribution in [2.24, 2.45) is 0 Å². The number of nitrogens with zero attached hydrogens (tertiary/aromatic N) is 3. The number of phenolic OH excluding ortho intramolecular Hbond substituents is 1. The molecule has 5 heteroatoms. The normalized spacial score (nSPS) is 10.4. The number of phenols is 1. The molecule has 0 radical (unpaired) electrons. The van der Waals surface area contributed by atoms with E-state index in [4.69, 9.17) is 4.74 Å². The molecule has 20 heavy (non-hydrogen) atoms. The van der Waals surface area contributed by atoms with Crippen LogP contribution in [0.25, 0.3) is 11.4 Å². The Kier molecular flexibility index (Phi) is 5.29. The number of unbranched alkanes of at least 4 members (excludes halogenated alkanes) is 3. The van der Waals surface area contributed by atoms with Crippen LogP contribution >= 0.6 is 0 Å². The number of rotatable bonds is 7. The van der Waals surface area contributed by atoms with Gasteiger partial charge in [0.1, 0.15) is 24.2 Å². The first kappa shape index (κ1) is 14.2. The third kappa shape index (κ3) is 3.91. The van der Waals surface area contributed by atoms with E-state index < -0.39 is 0 Å². The summed E-state index contributed by atoms with van der Waals surface area (Å²) in [6, 6.07) is 5.17. The molecule has 2 rings (SSSR count). The van der Waals surface area contributed by atoms with Crippen LogP contribution < -0.4 is 4.74 Å². The van der Waals surface area contributed by atoms with Crippen molar-refractivity contribution in [1.29, 1.82) is 0 Å². The van der Waals surface area contributed by atoms with Gasteiger partial charge >= 0.3 is 0 Å². The van der Waals surface area contributed by atoms with Gasteiger partial charge in [-0.05, 0) is 18.6 Å². The third-order valence-electron chi connectivity index (χ3n) is 2.97. The highest BCUT2D eigenvalue weighted by molar-refractivity contribution is 5.64. The molecular weight excluding hydrogens is 254 g/mol. The first-order valence-corrected chi connectivity index (χ1v) is 6.89. The summed E-state index contributed by atoms with van der Waals surface area (Å²) >= 11 is 0. The van der Waals surface area contributed by atoms with Gasteiger partial charge in [0.15, 0.2) is 5.82 Å². The molecule has 0 unspecified atom stereocenters. The lowest BCUT2D eigenvalue weighted by Crippen LogP contribution is -1.97. The van der Waals surface area contributed by atoms with Crippen LogP contribution in [0.3, 0.4) is 0 Å². The third-order valence-corrected chi connectivity index (χ3v) is 2.97. The molecule has 0 saturated heterocycles. The number of hydrogen-bond donors (Lipinski definition) is 1. The standard InChI is InChI=1S/C15H19N3O2/c1-2-3-4-5-8-20-12-6-7-13(14(19)9-12)15-17-10-16-11-18-15/h6-7,9-11,19H,2-5,8H2,1H3. The van der Waals surface area contributed by atoms with E-state index >= 15 is 0 Å². The zero-order chi connectivity index (χ0) is 14.2. The van der Waals surface area contributed by atoms with Crippen molar-refractivity contribution in [3.05, 3.63) is 30.9 Å². The van der Waals surface area contributed by atoms with Gasteiger partial charge in [0.25, 0.3) is 0 Å². The van der Waals surface area contributed by atoms with Crippen LogP contribution in [0.1, 0.15) is 32.6 Å². The lowest BCUT2D eigenvalue weighted by molar-refractivity contribution is 0.303. The van der Waals surface area contributed by atoms with Crippen LogP contribution in [0.5, 0.6) is 11.5 Å². The molecule has 0 bridgehead atoms. The maximum absolute atomic E-state index is 10.0. The van der Waals surface area contributed by atoms with Gasteiger partial charge < -0.3 is 9.84 Å². The summed E-state index contributed by atoms with van der Waals surface area (Å²) < 4.78 is 5.61. The Balaban J connectivity index is 1.96. The first-order chi connectivity index (χ1) is 9.81. The Morgan fingerprint density at radius 3 is 2.60 bits per heavy atom. The number of aromatic nitrogens is 3. The van der Waals surface area contributed by atoms with Crippen LogP contribution in [0.2, 0.25) is 0 Å². The number of benzene rings is 1. The second-order valence-electron chi connectivity index (χ2n) is 4.55. The lowest BCUT2D eigenvalue weighted by Gasteiger charge is -2.08. The van der Waals surface area contributed by atoms with Crippen LogP contribution in [-0.2, 0) is 0 Å². The highest BCUT2D eigenvalue weighted by Gasteiger charge is 2.08. The number of hydrogen-bond acceptors (Lipinski definition) is 5. The van der Waals surface area contributed by atoms with Crippen molar-refractivity contribution in [3.8, 4) is 22.9 Å². The average Bonchev–Trinajstić information content (AvgIpc) is 2.48. The molecule has 1 aromatic carbocycles. The van der Waals surface area contributed by atoms with E-state index in [1.54, 1.807) is 12.1 Å². The van der Waals surface area contributed by atoms with Crippen molar-refractivity contribution < 1.29 is 9.84 Å². The monoisotopic (exact) mass is 273 g/mol. The molecule has 0 aliphatic carbocycles. The Labute approximate surface area is 118 Å². The average molecular weight is 273 g/mol. The molecule has 0 spiro atoms. The summed E-state index contributed by atoms with van der Waals surface area (Å²) in [5, 5.41) is 10.0. The SMILES string of the molecule is CCCCCCOc1ccc(-c2ncncn2)c(O)c1. The van der Waals surface area contributed by atoms with E-state index in [1.165, 1.54) is 31.9 Å². The van der Waals surface area contributed by atoms with E-state index in [0.717, 1.165) is 6.42 Å². The van der Waals surface area contributed by atoms with Crippen LogP contribution in [-0.4, -0.2) is 26.7 Å². The van der Waals surface area contributed by atoms with Gasteiger partial charge in [-0.3, -0.25) is 0 Å². The van der Waals surface area contributed by atoms with Gasteiger partial charge in [-0.2, -0.15) is 0 Å². The van der Waals surface area contributed by atoms with Crippen molar-refractivity contribution in [3.63, 3.8) is 0 Å². The van der Waals surface area contributed by atoms with Gasteiger partial charge in [-0.1, -0.05) is 26.2 Å². The molecule has 1 N–H and O–H groups in total. The fourth-order valence-electron chi connectivity index (χ4n) is 1.89. The number of aromatic hydroxyl groups is 1. The minimum atomic E-state index is 0.113. The summed E-state index contributed by atoms with van der Waals surface area (Å²) in [6.07, 6.45) is 7.45.